The van der Waals surface area contributed by atoms with Gasteiger partial charge in [-0.3, -0.25) is 4.79 Å². The Bertz CT molecular complexity index is 765. The van der Waals surface area contributed by atoms with Gasteiger partial charge >= 0.3 is 5.97 Å². The number of carboxylic acid groups (broad SMARTS) is 1. The molecule has 0 unspecified atom stereocenters. The highest BCUT2D eigenvalue weighted by Gasteiger charge is 2.22. The Morgan fingerprint density at radius 2 is 2.07 bits per heavy atom. The number of aliphatic hydroxyl groups is 1. The van der Waals surface area contributed by atoms with Crippen LogP contribution in [0.4, 0.5) is 0 Å². The van der Waals surface area contributed by atoms with Crippen molar-refractivity contribution in [2.24, 2.45) is 0 Å². The molecule has 0 aromatic heterocycles. The third-order valence-electron chi connectivity index (χ3n) is 4.84. The molecule has 0 radical (unpaired) electrons. The Kier molecular flexibility index (Phi) is 7.28. The van der Waals surface area contributed by atoms with Crippen molar-refractivity contribution < 1.29 is 29.8 Å². The molecule has 0 spiro atoms. The molecule has 4 N–H and O–H groups in total. The van der Waals surface area contributed by atoms with Crippen LogP contribution in [0, 0.1) is 0 Å². The van der Waals surface area contributed by atoms with Gasteiger partial charge in [-0.15, -0.1) is 0 Å². The number of nitrogens with two attached hydrogens (primary N) is 1. The second-order valence-corrected chi connectivity index (χ2v) is 7.15. The third kappa shape index (κ3) is 6.25. The normalized spacial score (nSPS) is 16.7. The van der Waals surface area contributed by atoms with E-state index in [1.54, 1.807) is 0 Å². The van der Waals surface area contributed by atoms with Crippen molar-refractivity contribution in [1.29, 1.82) is 0 Å². The number of carbonyl (C=O) groups is 1. The maximum absolute atomic E-state index is 10.7. The third-order valence-corrected chi connectivity index (χ3v) is 4.84. The van der Waals surface area contributed by atoms with Gasteiger partial charge in [0.15, 0.2) is 0 Å². The topological polar surface area (TPSA) is 92.6 Å². The minimum atomic E-state index is -0.777. The summed E-state index contributed by atoms with van der Waals surface area (Å²) in [5, 5.41) is 21.0. The van der Waals surface area contributed by atoms with Gasteiger partial charge in [-0.25, -0.2) is 0 Å². The number of quaternary nitrogens is 1. The maximum atomic E-state index is 10.7. The second-order valence-electron chi connectivity index (χ2n) is 7.15. The number of ether oxygens (including phenoxy) is 2. The highest BCUT2D eigenvalue weighted by molar-refractivity contribution is 5.67. The van der Waals surface area contributed by atoms with E-state index in [-0.39, 0.29) is 19.1 Å². The summed E-state index contributed by atoms with van der Waals surface area (Å²) in [6.07, 6.45) is 2.11. The summed E-state index contributed by atoms with van der Waals surface area (Å²) >= 11 is 0. The number of para-hydroxylation sites is 1. The number of fused-ring (bicyclic) bond motifs is 1. The van der Waals surface area contributed by atoms with Crippen LogP contribution in [-0.2, 0) is 17.6 Å². The van der Waals surface area contributed by atoms with E-state index in [2.05, 4.69) is 11.4 Å². The number of aryl methyl sites for hydroxylation is 2. The van der Waals surface area contributed by atoms with Crippen LogP contribution < -0.4 is 14.8 Å². The highest BCUT2D eigenvalue weighted by Crippen LogP contribution is 2.28. The summed E-state index contributed by atoms with van der Waals surface area (Å²) in [7, 11) is 0. The molecular formula is C22H28NO5+. The SMILES string of the molecule is O=C(O)CCc1ccc2c(c1)CC[C@H](C[NH2+]C[C@H](O)COc1ccccc1)O2. The molecule has 28 heavy (non-hydrogen) atoms. The number of rotatable bonds is 10. The molecule has 0 bridgehead atoms. The van der Waals surface area contributed by atoms with Crippen molar-refractivity contribution in [2.45, 2.75) is 37.9 Å². The molecule has 1 heterocycles. The van der Waals surface area contributed by atoms with Gasteiger partial charge in [0.25, 0.3) is 0 Å². The lowest BCUT2D eigenvalue weighted by molar-refractivity contribution is -0.666. The maximum Gasteiger partial charge on any atom is 0.303 e. The fraction of sp³-hybridized carbons (Fsp3) is 0.409. The molecule has 1 aliphatic rings. The zero-order valence-electron chi connectivity index (χ0n) is 15.9. The molecule has 0 saturated carbocycles. The smallest absolute Gasteiger partial charge is 0.303 e. The molecule has 1 aliphatic heterocycles. The van der Waals surface area contributed by atoms with Crippen molar-refractivity contribution in [3.05, 3.63) is 59.7 Å². The van der Waals surface area contributed by atoms with Crippen LogP contribution in [0.1, 0.15) is 24.0 Å². The average Bonchev–Trinajstić information content (AvgIpc) is 2.71. The summed E-state index contributed by atoms with van der Waals surface area (Å²) in [6, 6.07) is 15.4. The number of aliphatic hydroxyl groups excluding tert-OH is 1. The molecule has 3 rings (SSSR count). The lowest BCUT2D eigenvalue weighted by Crippen LogP contribution is -2.89. The van der Waals surface area contributed by atoms with Crippen LogP contribution >= 0.6 is 0 Å². The van der Waals surface area contributed by atoms with E-state index in [0.29, 0.717) is 13.0 Å². The molecule has 6 heteroatoms. The zero-order valence-corrected chi connectivity index (χ0v) is 15.9. The zero-order chi connectivity index (χ0) is 19.8. The van der Waals surface area contributed by atoms with E-state index in [9.17, 15) is 9.90 Å². The number of hydrogen-bond donors (Lipinski definition) is 3. The summed E-state index contributed by atoms with van der Waals surface area (Å²) in [4.78, 5) is 10.7. The number of carboxylic acids is 1. The standard InChI is InChI=1S/C22H27NO5/c24-18(15-27-19-4-2-1-3-5-19)13-23-14-20-9-8-17-12-16(7-11-22(25)26)6-10-21(17)28-20/h1-6,10,12,18,20,23-24H,7-9,11,13-15H2,(H,25,26)/p+1/t18-,20+/m0/s1. The summed E-state index contributed by atoms with van der Waals surface area (Å²) in [5.74, 6) is 0.870. The van der Waals surface area contributed by atoms with Gasteiger partial charge in [-0.05, 0) is 48.6 Å². The minimum Gasteiger partial charge on any atom is -0.491 e. The Labute approximate surface area is 165 Å². The second kappa shape index (κ2) is 10.1. The highest BCUT2D eigenvalue weighted by atomic mass is 16.5. The number of aliphatic carboxylic acids is 1. The molecule has 150 valence electrons. The van der Waals surface area contributed by atoms with Crippen LogP contribution in [0.2, 0.25) is 0 Å². The van der Waals surface area contributed by atoms with Crippen molar-refractivity contribution in [3.63, 3.8) is 0 Å². The van der Waals surface area contributed by atoms with E-state index >= 15 is 0 Å². The molecule has 2 atom stereocenters. The number of hydrogen-bond acceptors (Lipinski definition) is 4. The molecule has 6 nitrogen and oxygen atoms in total. The van der Waals surface area contributed by atoms with Crippen LogP contribution in [-0.4, -0.2) is 48.1 Å². The molecule has 0 aliphatic carbocycles. The molecular weight excluding hydrogens is 358 g/mol. The van der Waals surface area contributed by atoms with Crippen LogP contribution in [0.15, 0.2) is 48.5 Å². The first-order chi connectivity index (χ1) is 13.6. The fourth-order valence-corrected chi connectivity index (χ4v) is 3.32. The molecule has 0 saturated heterocycles. The Balaban J connectivity index is 1.38. The van der Waals surface area contributed by atoms with Crippen LogP contribution in [0.3, 0.4) is 0 Å². The van der Waals surface area contributed by atoms with Crippen LogP contribution in [0.5, 0.6) is 11.5 Å². The van der Waals surface area contributed by atoms with Gasteiger partial charge in [0.2, 0.25) is 0 Å². The Hall–Kier alpha value is -2.57. The molecule has 0 fully saturated rings. The Morgan fingerprint density at radius 3 is 2.86 bits per heavy atom. The van der Waals surface area contributed by atoms with E-state index in [1.165, 1.54) is 0 Å². The lowest BCUT2D eigenvalue weighted by atomic mass is 9.98. The first-order valence-electron chi connectivity index (χ1n) is 9.78. The van der Waals surface area contributed by atoms with Gasteiger partial charge in [-0.2, -0.15) is 0 Å². The predicted molar refractivity (Wildman–Crippen MR) is 105 cm³/mol. The molecule has 0 amide bonds. The lowest BCUT2D eigenvalue weighted by Gasteiger charge is -2.25. The summed E-state index contributed by atoms with van der Waals surface area (Å²) < 4.78 is 11.6. The predicted octanol–water partition coefficient (Wildman–Crippen LogP) is 1.40. The van der Waals surface area contributed by atoms with Crippen molar-refractivity contribution >= 4 is 5.97 Å². The first kappa shape index (κ1) is 20.2. The first-order valence-corrected chi connectivity index (χ1v) is 9.78. The van der Waals surface area contributed by atoms with Gasteiger partial charge in [0.05, 0.1) is 0 Å². The van der Waals surface area contributed by atoms with E-state index in [4.69, 9.17) is 14.6 Å². The largest absolute Gasteiger partial charge is 0.491 e. The average molecular weight is 386 g/mol. The molecule has 2 aromatic rings. The van der Waals surface area contributed by atoms with Crippen molar-refractivity contribution in [3.8, 4) is 11.5 Å². The fourth-order valence-electron chi connectivity index (χ4n) is 3.32. The van der Waals surface area contributed by atoms with Gasteiger partial charge in [0, 0.05) is 6.42 Å². The monoisotopic (exact) mass is 386 g/mol. The van der Waals surface area contributed by atoms with Crippen LogP contribution in [0.25, 0.3) is 0 Å². The summed E-state index contributed by atoms with van der Waals surface area (Å²) in [6.45, 7) is 1.62. The Morgan fingerprint density at radius 1 is 1.25 bits per heavy atom. The van der Waals surface area contributed by atoms with Gasteiger partial charge in [0.1, 0.15) is 43.4 Å². The van der Waals surface area contributed by atoms with Crippen molar-refractivity contribution in [2.75, 3.05) is 19.7 Å². The van der Waals surface area contributed by atoms with E-state index in [0.717, 1.165) is 42.0 Å². The minimum absolute atomic E-state index is 0.111. The van der Waals surface area contributed by atoms with E-state index in [1.807, 2.05) is 42.5 Å². The van der Waals surface area contributed by atoms with Gasteiger partial charge in [-0.1, -0.05) is 30.3 Å². The van der Waals surface area contributed by atoms with E-state index < -0.39 is 12.1 Å². The summed E-state index contributed by atoms with van der Waals surface area (Å²) in [5.41, 5.74) is 2.19. The van der Waals surface area contributed by atoms with Crippen molar-refractivity contribution in [1.82, 2.24) is 0 Å². The quantitative estimate of drug-likeness (QED) is 0.574. The molecule has 2 aromatic carbocycles. The van der Waals surface area contributed by atoms with Gasteiger partial charge < -0.3 is 25.0 Å². The number of benzene rings is 2.